The lowest BCUT2D eigenvalue weighted by Gasteiger charge is -2.02. The van der Waals surface area contributed by atoms with E-state index >= 15 is 0 Å². The SMILES string of the molecule is Cc1ccc2nc(NC(=O)CCc3cccc(Cl)c3)sc2c1. The molecule has 1 N–H and O–H groups in total. The Morgan fingerprint density at radius 1 is 1.27 bits per heavy atom. The van der Waals surface area contributed by atoms with Gasteiger partial charge in [-0.15, -0.1) is 0 Å². The van der Waals surface area contributed by atoms with Gasteiger partial charge in [0.15, 0.2) is 5.13 Å². The lowest BCUT2D eigenvalue weighted by molar-refractivity contribution is -0.116. The van der Waals surface area contributed by atoms with Crippen LogP contribution in [0.25, 0.3) is 10.2 Å². The zero-order valence-electron chi connectivity index (χ0n) is 12.1. The predicted molar refractivity (Wildman–Crippen MR) is 92.8 cm³/mol. The van der Waals surface area contributed by atoms with Crippen LogP contribution in [0.3, 0.4) is 0 Å². The molecule has 3 aromatic rings. The minimum atomic E-state index is -0.0317. The molecule has 1 heterocycles. The molecule has 22 heavy (non-hydrogen) atoms. The van der Waals surface area contributed by atoms with E-state index in [1.165, 1.54) is 16.9 Å². The molecule has 3 nitrogen and oxygen atoms in total. The molecule has 0 aliphatic heterocycles. The Hall–Kier alpha value is -1.91. The van der Waals surface area contributed by atoms with Gasteiger partial charge in [-0.2, -0.15) is 0 Å². The van der Waals surface area contributed by atoms with Crippen molar-refractivity contribution >= 4 is 44.2 Å². The summed E-state index contributed by atoms with van der Waals surface area (Å²) in [7, 11) is 0. The number of amides is 1. The van der Waals surface area contributed by atoms with Crippen LogP contribution in [-0.4, -0.2) is 10.9 Å². The molecule has 0 radical (unpaired) electrons. The van der Waals surface area contributed by atoms with Crippen molar-refractivity contribution in [3.63, 3.8) is 0 Å². The summed E-state index contributed by atoms with van der Waals surface area (Å²) < 4.78 is 1.09. The number of hydrogen-bond acceptors (Lipinski definition) is 3. The zero-order valence-corrected chi connectivity index (χ0v) is 13.7. The highest BCUT2D eigenvalue weighted by molar-refractivity contribution is 7.22. The van der Waals surface area contributed by atoms with E-state index in [1.54, 1.807) is 0 Å². The van der Waals surface area contributed by atoms with Crippen LogP contribution in [-0.2, 0) is 11.2 Å². The summed E-state index contributed by atoms with van der Waals surface area (Å²) in [6.07, 6.45) is 1.08. The maximum absolute atomic E-state index is 12.0. The van der Waals surface area contributed by atoms with E-state index in [0.29, 0.717) is 23.0 Å². The van der Waals surface area contributed by atoms with Crippen molar-refractivity contribution in [2.24, 2.45) is 0 Å². The first-order chi connectivity index (χ1) is 10.6. The third-order valence-electron chi connectivity index (χ3n) is 3.32. The molecule has 0 saturated carbocycles. The molecule has 2 aromatic carbocycles. The number of aryl methyl sites for hydroxylation is 2. The molecule has 5 heteroatoms. The lowest BCUT2D eigenvalue weighted by Crippen LogP contribution is -2.12. The quantitative estimate of drug-likeness (QED) is 0.744. The molecule has 0 aliphatic rings. The van der Waals surface area contributed by atoms with Gasteiger partial charge in [-0.1, -0.05) is 41.1 Å². The highest BCUT2D eigenvalue weighted by atomic mass is 35.5. The number of hydrogen-bond donors (Lipinski definition) is 1. The number of thiazole rings is 1. The van der Waals surface area contributed by atoms with Crippen LogP contribution in [0.1, 0.15) is 17.5 Å². The van der Waals surface area contributed by atoms with Crippen molar-refractivity contribution < 1.29 is 4.79 Å². The molecule has 1 aromatic heterocycles. The van der Waals surface area contributed by atoms with Crippen LogP contribution in [0.4, 0.5) is 5.13 Å². The van der Waals surface area contributed by atoms with Gasteiger partial charge in [-0.05, 0) is 48.7 Å². The monoisotopic (exact) mass is 330 g/mol. The summed E-state index contributed by atoms with van der Waals surface area (Å²) in [5, 5.41) is 4.21. The zero-order chi connectivity index (χ0) is 15.5. The van der Waals surface area contributed by atoms with Gasteiger partial charge in [0, 0.05) is 11.4 Å². The molecular formula is C17H15ClN2OS. The molecule has 3 rings (SSSR count). The predicted octanol–water partition coefficient (Wildman–Crippen LogP) is 4.83. The van der Waals surface area contributed by atoms with E-state index in [9.17, 15) is 4.79 Å². The molecular weight excluding hydrogens is 316 g/mol. The summed E-state index contributed by atoms with van der Waals surface area (Å²) in [6.45, 7) is 2.04. The smallest absolute Gasteiger partial charge is 0.226 e. The van der Waals surface area contributed by atoms with E-state index in [-0.39, 0.29) is 5.91 Å². The van der Waals surface area contributed by atoms with Gasteiger partial charge in [-0.25, -0.2) is 4.98 Å². The Bertz CT molecular complexity index is 828. The third kappa shape index (κ3) is 3.64. The summed E-state index contributed by atoms with van der Waals surface area (Å²) in [5.41, 5.74) is 3.17. The Balaban J connectivity index is 1.63. The molecule has 0 saturated heterocycles. The van der Waals surface area contributed by atoms with Crippen molar-refractivity contribution in [3.05, 3.63) is 58.6 Å². The molecule has 0 aliphatic carbocycles. The molecule has 0 bridgehead atoms. The van der Waals surface area contributed by atoms with Gasteiger partial charge in [-0.3, -0.25) is 4.79 Å². The van der Waals surface area contributed by atoms with Crippen LogP contribution in [0.15, 0.2) is 42.5 Å². The van der Waals surface area contributed by atoms with Crippen LogP contribution >= 0.6 is 22.9 Å². The number of halogens is 1. The molecule has 0 fully saturated rings. The molecule has 112 valence electrons. The van der Waals surface area contributed by atoms with Gasteiger partial charge < -0.3 is 5.32 Å². The summed E-state index contributed by atoms with van der Waals surface area (Å²) >= 11 is 7.44. The van der Waals surface area contributed by atoms with E-state index < -0.39 is 0 Å². The fourth-order valence-corrected chi connectivity index (χ4v) is 3.41. The standard InChI is InChI=1S/C17H15ClN2OS/c1-11-5-7-14-15(9-11)22-17(19-14)20-16(21)8-6-12-3-2-4-13(18)10-12/h2-5,7,9-10H,6,8H2,1H3,(H,19,20,21). The normalized spacial score (nSPS) is 10.8. The number of fused-ring (bicyclic) bond motifs is 1. The summed E-state index contributed by atoms with van der Waals surface area (Å²) in [5.74, 6) is -0.0317. The highest BCUT2D eigenvalue weighted by Gasteiger charge is 2.08. The van der Waals surface area contributed by atoms with Crippen molar-refractivity contribution in [2.75, 3.05) is 5.32 Å². The molecule has 0 unspecified atom stereocenters. The number of carbonyl (C=O) groups is 1. The minimum absolute atomic E-state index is 0.0317. The molecule has 1 amide bonds. The first kappa shape index (κ1) is 15.0. The second-order valence-corrected chi connectivity index (χ2v) is 6.64. The second kappa shape index (κ2) is 6.46. The van der Waals surface area contributed by atoms with Crippen molar-refractivity contribution in [2.45, 2.75) is 19.8 Å². The Kier molecular flexibility index (Phi) is 4.41. The van der Waals surface area contributed by atoms with Crippen LogP contribution in [0.5, 0.6) is 0 Å². The van der Waals surface area contributed by atoms with Crippen molar-refractivity contribution in [3.8, 4) is 0 Å². The number of anilines is 1. The van der Waals surface area contributed by atoms with Crippen molar-refractivity contribution in [1.82, 2.24) is 4.98 Å². The molecule has 0 spiro atoms. The first-order valence-electron chi connectivity index (χ1n) is 7.02. The van der Waals surface area contributed by atoms with Gasteiger partial charge in [0.05, 0.1) is 10.2 Å². The van der Waals surface area contributed by atoms with Gasteiger partial charge in [0.2, 0.25) is 5.91 Å². The number of nitrogens with zero attached hydrogens (tertiary/aromatic N) is 1. The third-order valence-corrected chi connectivity index (χ3v) is 4.49. The topological polar surface area (TPSA) is 42.0 Å². The van der Waals surface area contributed by atoms with E-state index in [0.717, 1.165) is 15.8 Å². The Morgan fingerprint density at radius 3 is 2.95 bits per heavy atom. The Morgan fingerprint density at radius 2 is 2.14 bits per heavy atom. The minimum Gasteiger partial charge on any atom is -0.302 e. The average Bonchev–Trinajstić information content (AvgIpc) is 2.86. The number of carbonyl (C=O) groups excluding carboxylic acids is 1. The second-order valence-electron chi connectivity index (χ2n) is 5.17. The van der Waals surface area contributed by atoms with Gasteiger partial charge in [0.1, 0.15) is 0 Å². The maximum atomic E-state index is 12.0. The lowest BCUT2D eigenvalue weighted by atomic mass is 10.1. The van der Waals surface area contributed by atoms with Crippen LogP contribution < -0.4 is 5.32 Å². The maximum Gasteiger partial charge on any atom is 0.226 e. The fourth-order valence-electron chi connectivity index (χ4n) is 2.22. The highest BCUT2D eigenvalue weighted by Crippen LogP contribution is 2.26. The van der Waals surface area contributed by atoms with Gasteiger partial charge >= 0.3 is 0 Å². The Labute approximate surface area is 138 Å². The summed E-state index contributed by atoms with van der Waals surface area (Å²) in [4.78, 5) is 16.5. The van der Waals surface area contributed by atoms with E-state index in [4.69, 9.17) is 11.6 Å². The number of benzene rings is 2. The number of rotatable bonds is 4. The van der Waals surface area contributed by atoms with E-state index in [2.05, 4.69) is 16.4 Å². The number of nitrogens with one attached hydrogen (secondary N) is 1. The van der Waals surface area contributed by atoms with Gasteiger partial charge in [0.25, 0.3) is 0 Å². The fraction of sp³-hybridized carbons (Fsp3) is 0.176. The number of aromatic nitrogens is 1. The largest absolute Gasteiger partial charge is 0.302 e. The van der Waals surface area contributed by atoms with Crippen LogP contribution in [0, 0.1) is 6.92 Å². The molecule has 0 atom stereocenters. The van der Waals surface area contributed by atoms with Crippen molar-refractivity contribution in [1.29, 1.82) is 0 Å². The van der Waals surface area contributed by atoms with Crippen LogP contribution in [0.2, 0.25) is 5.02 Å². The summed E-state index contributed by atoms with van der Waals surface area (Å²) in [6, 6.07) is 13.7. The first-order valence-corrected chi connectivity index (χ1v) is 8.21. The average molecular weight is 331 g/mol. The van der Waals surface area contributed by atoms with E-state index in [1.807, 2.05) is 43.3 Å².